The van der Waals surface area contributed by atoms with Gasteiger partial charge in [0.05, 0.1) is 30.4 Å². The van der Waals surface area contributed by atoms with Crippen LogP contribution in [0, 0.1) is 0 Å². The minimum atomic E-state index is -0.137. The van der Waals surface area contributed by atoms with E-state index in [1.807, 2.05) is 36.4 Å². The average Bonchev–Trinajstić information content (AvgIpc) is 2.90. The molecule has 1 aliphatic heterocycles. The third-order valence-electron chi connectivity index (χ3n) is 4.16. The Kier molecular flexibility index (Phi) is 3.28. The molecule has 0 saturated heterocycles. The van der Waals surface area contributed by atoms with Crippen LogP contribution in [-0.4, -0.2) is 23.0 Å². The van der Waals surface area contributed by atoms with Crippen LogP contribution in [0.1, 0.15) is 16.1 Å². The van der Waals surface area contributed by atoms with E-state index in [-0.39, 0.29) is 5.91 Å². The number of carbonyl (C=O) groups is 1. The van der Waals surface area contributed by atoms with E-state index in [9.17, 15) is 4.79 Å². The first kappa shape index (κ1) is 14.4. The summed E-state index contributed by atoms with van der Waals surface area (Å²) in [6, 6.07) is 11.3. The number of hydrazine groups is 1. The Balaban J connectivity index is 1.77. The van der Waals surface area contributed by atoms with E-state index in [1.165, 1.54) is 6.33 Å². The summed E-state index contributed by atoms with van der Waals surface area (Å²) in [7, 11) is 1.62. The molecule has 7 nitrogen and oxygen atoms in total. The van der Waals surface area contributed by atoms with E-state index >= 15 is 0 Å². The van der Waals surface area contributed by atoms with Crippen molar-refractivity contribution < 1.29 is 9.53 Å². The summed E-state index contributed by atoms with van der Waals surface area (Å²) < 4.78 is 5.17. The molecule has 0 radical (unpaired) electrons. The molecular weight excluding hydrogens is 306 g/mol. The van der Waals surface area contributed by atoms with Gasteiger partial charge in [0.15, 0.2) is 0 Å². The van der Waals surface area contributed by atoms with Gasteiger partial charge < -0.3 is 15.1 Å². The molecule has 3 N–H and O–H groups in total. The Bertz CT molecular complexity index is 940. The van der Waals surface area contributed by atoms with Crippen LogP contribution < -0.4 is 20.9 Å². The fraction of sp³-hybridized carbons (Fsp3) is 0.118. The number of rotatable bonds is 4. The number of ether oxygens (including phenoxy) is 1. The molecule has 2 aromatic carbocycles. The fourth-order valence-electron chi connectivity index (χ4n) is 2.97. The van der Waals surface area contributed by atoms with Crippen LogP contribution in [0.2, 0.25) is 0 Å². The van der Waals surface area contributed by atoms with Gasteiger partial charge in [0.1, 0.15) is 23.3 Å². The van der Waals surface area contributed by atoms with E-state index in [2.05, 4.69) is 15.4 Å². The number of anilines is 2. The largest absolute Gasteiger partial charge is 0.497 e. The maximum absolute atomic E-state index is 12.8. The molecule has 0 spiro atoms. The van der Waals surface area contributed by atoms with Crippen molar-refractivity contribution in [1.29, 1.82) is 0 Å². The van der Waals surface area contributed by atoms with Crippen LogP contribution in [0.25, 0.3) is 10.9 Å². The van der Waals surface area contributed by atoms with Crippen LogP contribution in [0.5, 0.6) is 5.75 Å². The van der Waals surface area contributed by atoms with E-state index in [1.54, 1.807) is 12.0 Å². The zero-order chi connectivity index (χ0) is 16.7. The Morgan fingerprint density at radius 1 is 1.17 bits per heavy atom. The standard InChI is InChI=1S/C17H15N5O2/c1-24-11-4-2-10(3-5-11)8-22-13-7-6-12(21-18)15-14(13)16(17(22)23)20-9-19-15/h2-7,9,21H,8,18H2,1H3. The van der Waals surface area contributed by atoms with Crippen LogP contribution in [-0.2, 0) is 6.54 Å². The number of hydrogen-bond donors (Lipinski definition) is 2. The lowest BCUT2D eigenvalue weighted by molar-refractivity contribution is 0.0987. The van der Waals surface area contributed by atoms with Gasteiger partial charge in [0, 0.05) is 0 Å². The highest BCUT2D eigenvalue weighted by Crippen LogP contribution is 2.39. The summed E-state index contributed by atoms with van der Waals surface area (Å²) in [5, 5.41) is 0.728. The molecule has 0 saturated carbocycles. The molecule has 120 valence electrons. The molecule has 2 heterocycles. The quantitative estimate of drug-likeness (QED) is 0.564. The van der Waals surface area contributed by atoms with E-state index in [0.29, 0.717) is 23.4 Å². The Labute approximate surface area is 138 Å². The number of nitrogen functional groups attached to an aromatic ring is 1. The van der Waals surface area contributed by atoms with Gasteiger partial charge in [-0.05, 0) is 29.8 Å². The Morgan fingerprint density at radius 2 is 1.96 bits per heavy atom. The molecule has 3 aromatic rings. The highest BCUT2D eigenvalue weighted by molar-refractivity contribution is 6.24. The van der Waals surface area contributed by atoms with Crippen LogP contribution in [0.15, 0.2) is 42.7 Å². The van der Waals surface area contributed by atoms with Gasteiger partial charge in [-0.25, -0.2) is 9.97 Å². The third kappa shape index (κ3) is 2.06. The number of nitrogens with one attached hydrogen (secondary N) is 1. The summed E-state index contributed by atoms with van der Waals surface area (Å²) in [6.45, 7) is 0.448. The average molecular weight is 321 g/mol. The number of hydrogen-bond acceptors (Lipinski definition) is 6. The van der Waals surface area contributed by atoms with Crippen molar-refractivity contribution in [1.82, 2.24) is 9.97 Å². The minimum absolute atomic E-state index is 0.137. The molecule has 1 aromatic heterocycles. The van der Waals surface area contributed by atoms with E-state index < -0.39 is 0 Å². The monoisotopic (exact) mass is 321 g/mol. The first-order valence-corrected chi connectivity index (χ1v) is 7.42. The normalized spacial score (nSPS) is 12.8. The molecule has 0 unspecified atom stereocenters. The number of methoxy groups -OCH3 is 1. The van der Waals surface area contributed by atoms with Crippen LogP contribution >= 0.6 is 0 Å². The smallest absolute Gasteiger partial charge is 0.278 e. The molecule has 0 bridgehead atoms. The van der Waals surface area contributed by atoms with Crippen molar-refractivity contribution in [3.05, 3.63) is 54.0 Å². The van der Waals surface area contributed by atoms with Crippen molar-refractivity contribution >= 4 is 28.2 Å². The zero-order valence-electron chi connectivity index (χ0n) is 13.0. The molecule has 0 atom stereocenters. The van der Waals surface area contributed by atoms with Gasteiger partial charge >= 0.3 is 0 Å². The number of nitrogens with two attached hydrogens (primary N) is 1. The summed E-state index contributed by atoms with van der Waals surface area (Å²) in [6.07, 6.45) is 1.39. The second-order valence-corrected chi connectivity index (χ2v) is 5.46. The van der Waals surface area contributed by atoms with Gasteiger partial charge in [0.2, 0.25) is 0 Å². The van der Waals surface area contributed by atoms with E-state index in [4.69, 9.17) is 10.6 Å². The van der Waals surface area contributed by atoms with Crippen LogP contribution in [0.4, 0.5) is 11.4 Å². The van der Waals surface area contributed by atoms with Crippen molar-refractivity contribution in [2.45, 2.75) is 6.54 Å². The van der Waals surface area contributed by atoms with Gasteiger partial charge in [0.25, 0.3) is 5.91 Å². The molecule has 24 heavy (non-hydrogen) atoms. The number of amides is 1. The maximum Gasteiger partial charge on any atom is 0.278 e. The number of carbonyl (C=O) groups excluding carboxylic acids is 1. The van der Waals surface area contributed by atoms with Gasteiger partial charge in [-0.15, -0.1) is 0 Å². The number of benzene rings is 2. The number of aromatic nitrogens is 2. The highest BCUT2D eigenvalue weighted by atomic mass is 16.5. The topological polar surface area (TPSA) is 93.4 Å². The first-order valence-electron chi connectivity index (χ1n) is 7.42. The molecule has 1 amide bonds. The maximum atomic E-state index is 12.8. The van der Waals surface area contributed by atoms with Crippen molar-refractivity contribution in [2.75, 3.05) is 17.4 Å². The predicted molar refractivity (Wildman–Crippen MR) is 90.9 cm³/mol. The Hall–Kier alpha value is -3.19. The SMILES string of the molecule is COc1ccc(CN2C(=O)c3ncnc4c(NN)ccc2c34)cc1. The lowest BCUT2D eigenvalue weighted by atomic mass is 10.1. The highest BCUT2D eigenvalue weighted by Gasteiger charge is 2.32. The summed E-state index contributed by atoms with van der Waals surface area (Å²) >= 11 is 0. The third-order valence-corrected chi connectivity index (χ3v) is 4.16. The molecule has 4 rings (SSSR count). The van der Waals surface area contributed by atoms with Crippen LogP contribution in [0.3, 0.4) is 0 Å². The lowest BCUT2D eigenvalue weighted by Crippen LogP contribution is -2.26. The fourth-order valence-corrected chi connectivity index (χ4v) is 2.97. The lowest BCUT2D eigenvalue weighted by Gasteiger charge is -2.18. The van der Waals surface area contributed by atoms with Gasteiger partial charge in [-0.2, -0.15) is 0 Å². The first-order chi connectivity index (χ1) is 11.7. The summed E-state index contributed by atoms with van der Waals surface area (Å²) in [4.78, 5) is 22.9. The van der Waals surface area contributed by atoms with E-state index in [0.717, 1.165) is 22.4 Å². The molecule has 0 aliphatic carbocycles. The van der Waals surface area contributed by atoms with Gasteiger partial charge in [-0.1, -0.05) is 12.1 Å². The molecule has 0 fully saturated rings. The second kappa shape index (κ2) is 5.47. The van der Waals surface area contributed by atoms with Gasteiger partial charge in [-0.3, -0.25) is 10.6 Å². The summed E-state index contributed by atoms with van der Waals surface area (Å²) in [5.74, 6) is 6.18. The molecular formula is C17H15N5O2. The van der Waals surface area contributed by atoms with Crippen molar-refractivity contribution in [3.63, 3.8) is 0 Å². The molecule has 7 heteroatoms. The van der Waals surface area contributed by atoms with Crippen molar-refractivity contribution in [2.24, 2.45) is 5.84 Å². The summed E-state index contributed by atoms with van der Waals surface area (Å²) in [5.41, 5.74) is 6.11. The second-order valence-electron chi connectivity index (χ2n) is 5.46. The predicted octanol–water partition coefficient (Wildman–Crippen LogP) is 2.08. The van der Waals surface area contributed by atoms with Crippen molar-refractivity contribution in [3.8, 4) is 5.75 Å². The number of nitrogens with zero attached hydrogens (tertiary/aromatic N) is 3. The molecule has 1 aliphatic rings. The Morgan fingerprint density at radius 3 is 2.67 bits per heavy atom. The zero-order valence-corrected chi connectivity index (χ0v) is 13.0. The minimum Gasteiger partial charge on any atom is -0.497 e.